The molecule has 0 amide bonds. The van der Waals surface area contributed by atoms with Gasteiger partial charge in [-0.05, 0) is 31.0 Å². The zero-order chi connectivity index (χ0) is 22.6. The average Bonchev–Trinajstić information content (AvgIpc) is 3.23. The van der Waals surface area contributed by atoms with Gasteiger partial charge in [-0.2, -0.15) is 13.2 Å². The molecule has 31 heavy (non-hydrogen) atoms. The minimum absolute atomic E-state index is 0.0499. The van der Waals surface area contributed by atoms with E-state index in [2.05, 4.69) is 9.72 Å². The van der Waals surface area contributed by atoms with Gasteiger partial charge in [0, 0.05) is 18.0 Å². The number of methoxy groups -OCH3 is 1. The van der Waals surface area contributed by atoms with Crippen molar-refractivity contribution in [2.45, 2.75) is 31.7 Å². The van der Waals surface area contributed by atoms with E-state index in [4.69, 9.17) is 9.47 Å². The van der Waals surface area contributed by atoms with Crippen molar-refractivity contribution in [3.8, 4) is 5.75 Å². The van der Waals surface area contributed by atoms with Gasteiger partial charge in [-0.15, -0.1) is 11.3 Å². The van der Waals surface area contributed by atoms with E-state index in [1.54, 1.807) is 12.1 Å². The Bertz CT molecular complexity index is 916. The van der Waals surface area contributed by atoms with E-state index in [9.17, 15) is 22.8 Å². The van der Waals surface area contributed by atoms with Gasteiger partial charge in [0.2, 0.25) is 0 Å². The van der Waals surface area contributed by atoms with Crippen LogP contribution >= 0.6 is 11.3 Å². The maximum absolute atomic E-state index is 12.8. The number of ether oxygens (including phenoxy) is 3. The van der Waals surface area contributed by atoms with Crippen LogP contribution in [0.25, 0.3) is 0 Å². The fraction of sp³-hybridized carbons (Fsp3) is 0.450. The van der Waals surface area contributed by atoms with Gasteiger partial charge >= 0.3 is 18.1 Å². The van der Waals surface area contributed by atoms with Crippen LogP contribution in [-0.4, -0.2) is 54.7 Å². The number of carbonyl (C=O) groups is 2. The highest BCUT2D eigenvalue weighted by atomic mass is 32.1. The number of alkyl halides is 3. The molecule has 1 aromatic heterocycles. The number of hydrogen-bond donors (Lipinski definition) is 0. The van der Waals surface area contributed by atoms with Crippen molar-refractivity contribution in [2.24, 2.45) is 0 Å². The zero-order valence-electron chi connectivity index (χ0n) is 16.8. The summed E-state index contributed by atoms with van der Waals surface area (Å²) in [7, 11) is 1.28. The molecular formula is C20H21F3N2O5S. The zero-order valence-corrected chi connectivity index (χ0v) is 17.7. The van der Waals surface area contributed by atoms with Crippen LogP contribution in [0.1, 0.15) is 29.3 Å². The second kappa shape index (κ2) is 9.65. The molecule has 7 nitrogen and oxygen atoms in total. The van der Waals surface area contributed by atoms with Crippen LogP contribution in [0, 0.1) is 0 Å². The minimum Gasteiger partial charge on any atom is -0.482 e. The fourth-order valence-corrected chi connectivity index (χ4v) is 3.85. The van der Waals surface area contributed by atoms with Crippen molar-refractivity contribution in [1.82, 2.24) is 9.88 Å². The van der Waals surface area contributed by atoms with Crippen LogP contribution < -0.4 is 4.74 Å². The lowest BCUT2D eigenvalue weighted by Gasteiger charge is -2.35. The molecule has 0 bridgehead atoms. The van der Waals surface area contributed by atoms with Gasteiger partial charge in [0.05, 0.1) is 19.3 Å². The summed E-state index contributed by atoms with van der Waals surface area (Å²) in [4.78, 5) is 28.6. The average molecular weight is 458 g/mol. The number of nitrogens with zero attached hydrogens (tertiary/aromatic N) is 2. The Morgan fingerprint density at radius 1 is 1.35 bits per heavy atom. The third kappa shape index (κ3) is 6.17. The molecule has 2 heterocycles. The van der Waals surface area contributed by atoms with Crippen LogP contribution in [0.2, 0.25) is 0 Å². The van der Waals surface area contributed by atoms with Gasteiger partial charge < -0.3 is 14.2 Å². The Hall–Kier alpha value is -2.66. The van der Waals surface area contributed by atoms with Crippen molar-refractivity contribution >= 4 is 23.3 Å². The van der Waals surface area contributed by atoms with Gasteiger partial charge in [0.15, 0.2) is 17.7 Å². The first kappa shape index (κ1) is 23.0. The van der Waals surface area contributed by atoms with Crippen LogP contribution in [-0.2, 0) is 31.7 Å². The molecular weight excluding hydrogens is 437 g/mol. The molecule has 1 aromatic carbocycles. The van der Waals surface area contributed by atoms with E-state index in [1.165, 1.54) is 12.5 Å². The summed E-state index contributed by atoms with van der Waals surface area (Å²) in [6, 6.07) is 7.08. The molecule has 0 aliphatic carbocycles. The Labute approximate surface area is 180 Å². The van der Waals surface area contributed by atoms with Gasteiger partial charge in [-0.25, -0.2) is 9.78 Å². The Kier molecular flexibility index (Phi) is 7.16. The molecule has 1 aliphatic heterocycles. The third-order valence-corrected chi connectivity index (χ3v) is 5.67. The Balaban J connectivity index is 1.60. The van der Waals surface area contributed by atoms with E-state index in [0.29, 0.717) is 23.5 Å². The Morgan fingerprint density at radius 3 is 2.68 bits per heavy atom. The Morgan fingerprint density at radius 2 is 2.06 bits per heavy atom. The van der Waals surface area contributed by atoms with Crippen LogP contribution in [0.5, 0.6) is 5.75 Å². The summed E-state index contributed by atoms with van der Waals surface area (Å²) in [5.41, 5.74) is 1.08. The molecule has 0 radical (unpaired) electrons. The number of cyclic esters (lactones) is 1. The molecule has 0 N–H and O–H groups in total. The van der Waals surface area contributed by atoms with Gasteiger partial charge in [0.25, 0.3) is 0 Å². The highest BCUT2D eigenvalue weighted by Gasteiger charge is 2.37. The lowest BCUT2D eigenvalue weighted by atomic mass is 10.0. The van der Waals surface area contributed by atoms with E-state index in [1.807, 2.05) is 24.0 Å². The van der Waals surface area contributed by atoms with Crippen molar-refractivity contribution in [1.29, 1.82) is 0 Å². The minimum atomic E-state index is -4.53. The topological polar surface area (TPSA) is 78.0 Å². The number of carbonyl (C=O) groups excluding carboxylic acids is 2. The molecule has 0 saturated carbocycles. The number of morpholine rings is 1. The van der Waals surface area contributed by atoms with E-state index in [-0.39, 0.29) is 31.4 Å². The predicted octanol–water partition coefficient (Wildman–Crippen LogP) is 3.24. The molecule has 2 unspecified atom stereocenters. The highest BCUT2D eigenvalue weighted by molar-refractivity contribution is 7.09. The highest BCUT2D eigenvalue weighted by Crippen LogP contribution is 2.34. The molecule has 2 aromatic rings. The van der Waals surface area contributed by atoms with E-state index < -0.39 is 29.2 Å². The summed E-state index contributed by atoms with van der Waals surface area (Å²) < 4.78 is 53.5. The standard InChI is InChI=1S/C20H21F3N2O5S/c1-12(7-13-3-5-14(6-4-13)29-10-18(27)28-2)25-8-16(30-17(26)9-25)15-11-31-19(24-15)20(21,22)23/h3-6,11-12,16H,7-10H2,1-2H3. The van der Waals surface area contributed by atoms with Crippen LogP contribution in [0.3, 0.4) is 0 Å². The molecule has 11 heteroatoms. The number of aromatic nitrogens is 1. The first-order valence-corrected chi connectivity index (χ1v) is 10.3. The number of thiazole rings is 1. The molecule has 1 aliphatic rings. The van der Waals surface area contributed by atoms with Crippen molar-refractivity contribution < 1.29 is 37.0 Å². The summed E-state index contributed by atoms with van der Waals surface area (Å²) >= 11 is 0.485. The number of hydrogen-bond acceptors (Lipinski definition) is 8. The number of esters is 2. The maximum Gasteiger partial charge on any atom is 0.443 e. The molecule has 168 valence electrons. The second-order valence-electron chi connectivity index (χ2n) is 7.05. The van der Waals surface area contributed by atoms with Crippen molar-refractivity contribution in [3.63, 3.8) is 0 Å². The fourth-order valence-electron chi connectivity index (χ4n) is 3.12. The summed E-state index contributed by atoms with van der Waals surface area (Å²) in [6.45, 7) is 2.05. The van der Waals surface area contributed by atoms with Crippen molar-refractivity contribution in [2.75, 3.05) is 26.8 Å². The van der Waals surface area contributed by atoms with E-state index >= 15 is 0 Å². The van der Waals surface area contributed by atoms with Gasteiger partial charge in [-0.3, -0.25) is 9.69 Å². The molecule has 1 fully saturated rings. The SMILES string of the molecule is COC(=O)COc1ccc(CC(C)N2CC(=O)OC(c3csc(C(F)(F)F)n3)C2)cc1. The van der Waals surface area contributed by atoms with Crippen molar-refractivity contribution in [3.05, 3.63) is 45.9 Å². The predicted molar refractivity (Wildman–Crippen MR) is 105 cm³/mol. The maximum atomic E-state index is 12.8. The largest absolute Gasteiger partial charge is 0.482 e. The van der Waals surface area contributed by atoms with Gasteiger partial charge in [0.1, 0.15) is 5.75 Å². The van der Waals surface area contributed by atoms with Gasteiger partial charge in [-0.1, -0.05) is 12.1 Å². The first-order chi connectivity index (χ1) is 14.7. The summed E-state index contributed by atoms with van der Waals surface area (Å²) in [5.74, 6) is -0.463. The quantitative estimate of drug-likeness (QED) is 0.590. The summed E-state index contributed by atoms with van der Waals surface area (Å²) in [6.07, 6.45) is -4.77. The smallest absolute Gasteiger partial charge is 0.443 e. The number of rotatable bonds is 7. The van der Waals surface area contributed by atoms with Crippen LogP contribution in [0.4, 0.5) is 13.2 Å². The lowest BCUT2D eigenvalue weighted by Crippen LogP contribution is -2.46. The monoisotopic (exact) mass is 458 g/mol. The first-order valence-electron chi connectivity index (χ1n) is 9.40. The third-order valence-electron chi connectivity index (χ3n) is 4.76. The molecule has 3 rings (SSSR count). The summed E-state index contributed by atoms with van der Waals surface area (Å²) in [5, 5.41) is 0.320. The van der Waals surface area contributed by atoms with E-state index in [0.717, 1.165) is 5.56 Å². The normalized spacial score (nSPS) is 18.4. The van der Waals surface area contributed by atoms with Crippen LogP contribution in [0.15, 0.2) is 29.6 Å². The molecule has 1 saturated heterocycles. The number of benzene rings is 1. The number of halogens is 3. The molecule has 0 spiro atoms. The second-order valence-corrected chi connectivity index (χ2v) is 7.90. The molecule has 2 atom stereocenters. The lowest BCUT2D eigenvalue weighted by molar-refractivity contribution is -0.161.